The summed E-state index contributed by atoms with van der Waals surface area (Å²) in [6.45, 7) is -1.17. The van der Waals surface area contributed by atoms with Gasteiger partial charge in [-0.05, 0) is 0 Å². The minimum absolute atomic E-state index is 0.00373. The van der Waals surface area contributed by atoms with Crippen molar-refractivity contribution in [2.24, 2.45) is 0 Å². The first-order valence-corrected chi connectivity index (χ1v) is 15.6. The molecule has 0 radical (unpaired) electrons. The highest BCUT2D eigenvalue weighted by Crippen LogP contribution is 2.47. The van der Waals surface area contributed by atoms with E-state index in [0.717, 1.165) is 16.8 Å². The molecule has 0 bridgehead atoms. The first kappa shape index (κ1) is 32.2. The Morgan fingerprint density at radius 2 is 1.64 bits per heavy atom. The summed E-state index contributed by atoms with van der Waals surface area (Å²) >= 11 is 0. The van der Waals surface area contributed by atoms with Gasteiger partial charge in [-0.25, -0.2) is 9.78 Å². The van der Waals surface area contributed by atoms with Crippen molar-refractivity contribution in [2.75, 3.05) is 18.9 Å². The van der Waals surface area contributed by atoms with Crippen molar-refractivity contribution in [1.29, 1.82) is 0 Å². The molecule has 2 aliphatic heterocycles. The number of aromatic amines is 2. The van der Waals surface area contributed by atoms with E-state index in [2.05, 4.69) is 23.6 Å². The summed E-state index contributed by atoms with van der Waals surface area (Å²) in [5.41, 5.74) is 3.50. The van der Waals surface area contributed by atoms with Crippen LogP contribution in [0.2, 0.25) is 0 Å². The van der Waals surface area contributed by atoms with Gasteiger partial charge in [0, 0.05) is 32.4 Å². The number of fused-ring (bicyclic) bond motifs is 1. The average molecular weight is 682 g/mol. The molecule has 22 nitrogen and oxygen atoms in total. The van der Waals surface area contributed by atoms with Crippen LogP contribution in [0.5, 0.6) is 0 Å². The van der Waals surface area contributed by atoms with Gasteiger partial charge in [-0.15, -0.1) is 9.05 Å². The number of nitrogens with two attached hydrogens (primary N) is 1. The number of rotatable bonds is 12. The number of nitrogens with zero attached hydrogens (tertiary/aromatic N) is 4. The van der Waals surface area contributed by atoms with Crippen molar-refractivity contribution in [3.05, 3.63) is 49.8 Å². The zero-order valence-corrected chi connectivity index (χ0v) is 24.5. The molecule has 3 aromatic heterocycles. The van der Waals surface area contributed by atoms with Crippen LogP contribution >= 0.6 is 24.8 Å². The standard InChI is InChI=1S/C19H21N7O15P3/c20-18-23-15-12(16(31)24-18)21-6-26(15)11-3-7(27)8(38-11)4-36-42(33)40-44(35)41-43(34)37-5-9-13(29)14(30)17(39-9)25-2-1-10(28)22-19(25)32/h1-2,6-9,11,13-14,17,27,29-30H,3-5H2,(H2-2,20,22,23,24,28,31,32)/q+1/p+2/t7-,8+,9-,11+,13-,14-,17-/m1/s1. The average Bonchev–Trinajstić information content (AvgIpc) is 3.62. The van der Waals surface area contributed by atoms with E-state index in [0.29, 0.717) is 0 Å². The fourth-order valence-electron chi connectivity index (χ4n) is 4.35. The number of nitrogen functional groups attached to an aromatic ring is 1. The molecule has 0 spiro atoms. The second-order valence-corrected chi connectivity index (χ2v) is 12.4. The third kappa shape index (κ3) is 7.02. The molecule has 0 saturated carbocycles. The number of aromatic nitrogens is 6. The van der Waals surface area contributed by atoms with E-state index in [9.17, 15) is 43.4 Å². The second kappa shape index (κ2) is 13.4. The molecule has 10 atom stereocenters. The first-order chi connectivity index (χ1) is 20.9. The number of ether oxygens (including phenoxy) is 2. The van der Waals surface area contributed by atoms with Gasteiger partial charge in [-0.1, -0.05) is 0 Å². The SMILES string of the molecule is Nc1nc2c(ncn2[C@@H]2C[C@@H](O)[C@H](CO[P+](=O)O[P+](=O)O[P+](=O)OC[C@H]3O[C@@H](n4ccc(=O)[nH]c4=O)[C@H](O)[C@@H]3O)O2)c(=O)[nH]1. The predicted octanol–water partition coefficient (Wildman–Crippen LogP) is -1.44. The number of nitrogens with one attached hydrogen (secondary N) is 2. The lowest BCUT2D eigenvalue weighted by molar-refractivity contribution is -0.0516. The largest absolute Gasteiger partial charge is 0.798 e. The Morgan fingerprint density at radius 1 is 0.955 bits per heavy atom. The van der Waals surface area contributed by atoms with E-state index in [4.69, 9.17) is 24.3 Å². The predicted molar refractivity (Wildman–Crippen MR) is 141 cm³/mol. The summed E-state index contributed by atoms with van der Waals surface area (Å²) in [6, 6.07) is 0.991. The molecule has 0 amide bonds. The van der Waals surface area contributed by atoms with Gasteiger partial charge < -0.3 is 30.5 Å². The molecule has 5 rings (SSSR count). The summed E-state index contributed by atoms with van der Waals surface area (Å²) in [5.74, 6) is -0.155. The van der Waals surface area contributed by atoms with Gasteiger partial charge in [-0.2, -0.15) is 4.98 Å². The monoisotopic (exact) mass is 682 g/mol. The summed E-state index contributed by atoms with van der Waals surface area (Å²) in [5, 5.41) is 30.7. The van der Waals surface area contributed by atoms with Crippen LogP contribution in [0.15, 0.2) is 33.0 Å². The lowest BCUT2D eigenvalue weighted by atomic mass is 10.1. The molecule has 2 saturated heterocycles. The number of hydrogen-bond donors (Lipinski definition) is 6. The van der Waals surface area contributed by atoms with Crippen molar-refractivity contribution in [2.45, 2.75) is 49.4 Å². The first-order valence-electron chi connectivity index (χ1n) is 12.3. The number of aliphatic hydroxyl groups excluding tert-OH is 3. The smallest absolute Gasteiger partial charge is 0.390 e. The van der Waals surface area contributed by atoms with E-state index in [1.807, 2.05) is 4.98 Å². The van der Waals surface area contributed by atoms with Crippen LogP contribution in [0.4, 0.5) is 5.95 Å². The maximum absolute atomic E-state index is 12.1. The van der Waals surface area contributed by atoms with E-state index >= 15 is 0 Å². The highest BCUT2D eigenvalue weighted by atomic mass is 31.2. The molecule has 0 aromatic carbocycles. The Balaban J connectivity index is 1.05. The Morgan fingerprint density at radius 3 is 2.32 bits per heavy atom. The molecular weight excluding hydrogens is 659 g/mol. The van der Waals surface area contributed by atoms with Crippen molar-refractivity contribution >= 4 is 41.9 Å². The van der Waals surface area contributed by atoms with Crippen LogP contribution in [0.1, 0.15) is 18.9 Å². The molecule has 3 aromatic rings. The van der Waals surface area contributed by atoms with Gasteiger partial charge >= 0.3 is 30.5 Å². The number of imidazole rings is 1. The number of aliphatic hydroxyl groups is 3. The fraction of sp³-hybridized carbons (Fsp3) is 0.526. The summed E-state index contributed by atoms with van der Waals surface area (Å²) in [6.07, 6.45) is -6.68. The zero-order chi connectivity index (χ0) is 31.7. The second-order valence-electron chi connectivity index (χ2n) is 9.20. The summed E-state index contributed by atoms with van der Waals surface area (Å²) in [7, 11) is -9.65. The van der Waals surface area contributed by atoms with Crippen LogP contribution in [-0.4, -0.2) is 88.1 Å². The van der Waals surface area contributed by atoms with E-state index in [1.54, 1.807) is 0 Å². The quantitative estimate of drug-likeness (QED) is 0.119. The zero-order valence-electron chi connectivity index (χ0n) is 21.8. The molecule has 3 unspecified atom stereocenters. The maximum Gasteiger partial charge on any atom is 0.798 e. The molecule has 5 heterocycles. The molecule has 25 heteroatoms. The van der Waals surface area contributed by atoms with Crippen molar-refractivity contribution < 1.29 is 56.2 Å². The highest BCUT2D eigenvalue weighted by Gasteiger charge is 2.52. The van der Waals surface area contributed by atoms with Crippen molar-refractivity contribution in [3.8, 4) is 0 Å². The van der Waals surface area contributed by atoms with Crippen LogP contribution in [0.3, 0.4) is 0 Å². The highest BCUT2D eigenvalue weighted by molar-refractivity contribution is 7.53. The topological polar surface area (TPSA) is 312 Å². The van der Waals surface area contributed by atoms with Gasteiger partial charge in [0.2, 0.25) is 5.95 Å². The van der Waals surface area contributed by atoms with Gasteiger partial charge in [0.25, 0.3) is 11.1 Å². The van der Waals surface area contributed by atoms with Crippen molar-refractivity contribution in [1.82, 2.24) is 29.1 Å². The molecule has 7 N–H and O–H groups in total. The summed E-state index contributed by atoms with van der Waals surface area (Å²) in [4.78, 5) is 47.4. The van der Waals surface area contributed by atoms with Gasteiger partial charge in [0.1, 0.15) is 43.9 Å². The third-order valence-corrected chi connectivity index (χ3v) is 9.24. The van der Waals surface area contributed by atoms with Crippen LogP contribution in [0, 0.1) is 0 Å². The molecular formula is C19H23N7O15P3+3. The maximum atomic E-state index is 12.1. The molecule has 2 aliphatic rings. The normalized spacial score (nSPS) is 28.0. The lowest BCUT2D eigenvalue weighted by Crippen LogP contribution is -2.37. The fourth-order valence-corrected chi connectivity index (χ4v) is 6.53. The van der Waals surface area contributed by atoms with Crippen LogP contribution in [0.25, 0.3) is 11.2 Å². The van der Waals surface area contributed by atoms with E-state index in [-0.39, 0.29) is 23.5 Å². The molecule has 2 fully saturated rings. The van der Waals surface area contributed by atoms with Gasteiger partial charge in [-0.3, -0.25) is 28.7 Å². The molecule has 236 valence electrons. The Bertz CT molecular complexity index is 1760. The van der Waals surface area contributed by atoms with Crippen molar-refractivity contribution in [3.63, 3.8) is 0 Å². The van der Waals surface area contributed by atoms with Crippen LogP contribution < -0.4 is 22.5 Å². The van der Waals surface area contributed by atoms with E-state index in [1.165, 1.54) is 10.9 Å². The van der Waals surface area contributed by atoms with Gasteiger partial charge in [0.15, 0.2) is 26.0 Å². The summed E-state index contributed by atoms with van der Waals surface area (Å²) < 4.78 is 68.1. The van der Waals surface area contributed by atoms with Gasteiger partial charge in [0.05, 0.1) is 12.4 Å². The minimum Gasteiger partial charge on any atom is -0.390 e. The minimum atomic E-state index is -3.32. The number of anilines is 1. The number of hydrogen-bond acceptors (Lipinski definition) is 18. The molecule has 0 aliphatic carbocycles. The third-order valence-electron chi connectivity index (χ3n) is 6.38. The Labute approximate surface area is 245 Å². The van der Waals surface area contributed by atoms with Crippen LogP contribution in [-0.2, 0) is 40.8 Å². The Hall–Kier alpha value is -3.23. The number of H-pyrrole nitrogens is 2. The lowest BCUT2D eigenvalue weighted by Gasteiger charge is -2.16. The Kier molecular flexibility index (Phi) is 9.80. The molecule has 44 heavy (non-hydrogen) atoms. The van der Waals surface area contributed by atoms with E-state index < -0.39 is 97.8 Å².